The maximum atomic E-state index is 12.4. The van der Waals surface area contributed by atoms with Gasteiger partial charge in [0.05, 0.1) is 11.4 Å². The average Bonchev–Trinajstić information content (AvgIpc) is 2.95. The molecule has 0 radical (unpaired) electrons. The van der Waals surface area contributed by atoms with Gasteiger partial charge in [0.15, 0.2) is 6.61 Å². The van der Waals surface area contributed by atoms with E-state index < -0.39 is 0 Å². The lowest BCUT2D eigenvalue weighted by molar-refractivity contribution is -0.121. The summed E-state index contributed by atoms with van der Waals surface area (Å²) in [5.41, 5.74) is 2.29. The summed E-state index contributed by atoms with van der Waals surface area (Å²) in [6, 6.07) is 11.5. The number of hydrogen-bond donors (Lipinski definition) is 1. The summed E-state index contributed by atoms with van der Waals surface area (Å²) < 4.78 is 5.87. The van der Waals surface area contributed by atoms with Crippen molar-refractivity contribution in [2.75, 3.05) is 11.5 Å². The molecule has 2 aromatic rings. The summed E-state index contributed by atoms with van der Waals surface area (Å²) in [6.45, 7) is 0.386. The number of pyridine rings is 1. The first-order valence-electron chi connectivity index (χ1n) is 7.82. The molecular weight excluding hydrogens is 370 g/mol. The van der Waals surface area contributed by atoms with Gasteiger partial charge in [0.1, 0.15) is 10.0 Å². The van der Waals surface area contributed by atoms with Gasteiger partial charge < -0.3 is 15.0 Å². The number of hydrogen-bond acceptors (Lipinski definition) is 6. The van der Waals surface area contributed by atoms with Crippen molar-refractivity contribution in [3.63, 3.8) is 0 Å². The second-order valence-corrected chi connectivity index (χ2v) is 7.42. The van der Waals surface area contributed by atoms with Crippen molar-refractivity contribution in [3.05, 3.63) is 58.6 Å². The largest absolute Gasteiger partial charge is 0.466 e. The Morgan fingerprint density at radius 1 is 1.31 bits per heavy atom. The first kappa shape index (κ1) is 16.7. The number of carbonyl (C=O) groups excluding carboxylic acids is 2. The molecule has 2 aliphatic rings. The van der Waals surface area contributed by atoms with Gasteiger partial charge in [-0.2, -0.15) is 0 Å². The van der Waals surface area contributed by atoms with Crippen molar-refractivity contribution in [1.82, 2.24) is 10.3 Å². The number of amides is 2. The maximum absolute atomic E-state index is 12.4. The molecule has 0 aliphatic carbocycles. The van der Waals surface area contributed by atoms with Gasteiger partial charge in [-0.3, -0.25) is 9.59 Å². The monoisotopic (exact) mass is 383 g/mol. The Bertz CT molecular complexity index is 944. The van der Waals surface area contributed by atoms with Gasteiger partial charge in [0, 0.05) is 6.20 Å². The van der Waals surface area contributed by atoms with Crippen LogP contribution in [0.4, 0.5) is 5.69 Å². The van der Waals surface area contributed by atoms with Gasteiger partial charge in [-0.1, -0.05) is 54.3 Å². The van der Waals surface area contributed by atoms with E-state index in [9.17, 15) is 9.59 Å². The van der Waals surface area contributed by atoms with Crippen LogP contribution in [0.1, 0.15) is 11.1 Å². The van der Waals surface area contributed by atoms with E-state index in [2.05, 4.69) is 10.3 Å². The van der Waals surface area contributed by atoms with E-state index in [1.165, 1.54) is 11.8 Å². The Balaban J connectivity index is 1.68. The lowest BCUT2D eigenvalue weighted by Gasteiger charge is -2.28. The molecule has 0 spiro atoms. The normalized spacial score (nSPS) is 17.9. The van der Waals surface area contributed by atoms with Gasteiger partial charge in [-0.05, 0) is 23.3 Å². The van der Waals surface area contributed by atoms with Crippen LogP contribution in [0.15, 0.2) is 47.5 Å². The molecule has 3 heterocycles. The molecule has 8 heteroatoms. The zero-order chi connectivity index (χ0) is 18.1. The van der Waals surface area contributed by atoms with E-state index in [0.717, 1.165) is 5.56 Å². The zero-order valence-electron chi connectivity index (χ0n) is 13.5. The minimum absolute atomic E-state index is 0.0419. The number of aromatic nitrogens is 1. The van der Waals surface area contributed by atoms with Crippen LogP contribution in [0.25, 0.3) is 6.08 Å². The van der Waals surface area contributed by atoms with Crippen LogP contribution in [0.2, 0.25) is 0 Å². The minimum Gasteiger partial charge on any atom is -0.466 e. The van der Waals surface area contributed by atoms with Crippen LogP contribution in [0, 0.1) is 0 Å². The van der Waals surface area contributed by atoms with Crippen LogP contribution in [-0.2, 0) is 16.1 Å². The van der Waals surface area contributed by atoms with Gasteiger partial charge in [0.2, 0.25) is 5.88 Å². The molecule has 2 aliphatic heterocycles. The zero-order valence-corrected chi connectivity index (χ0v) is 15.1. The SMILES string of the molecule is O=C1NC(=S)SC1=Cc1cnc2c(c1)N(Cc1ccccc1)C(=O)CO2. The van der Waals surface area contributed by atoms with Gasteiger partial charge >= 0.3 is 0 Å². The summed E-state index contributed by atoms with van der Waals surface area (Å²) in [5, 5.41) is 2.58. The summed E-state index contributed by atoms with van der Waals surface area (Å²) in [7, 11) is 0. The molecule has 0 saturated carbocycles. The van der Waals surface area contributed by atoms with Crippen LogP contribution < -0.4 is 15.0 Å². The van der Waals surface area contributed by atoms with Crippen LogP contribution in [0.3, 0.4) is 0 Å². The number of fused-ring (bicyclic) bond motifs is 1. The quantitative estimate of drug-likeness (QED) is 0.649. The number of thiocarbonyl (C=S) groups is 1. The summed E-state index contributed by atoms with van der Waals surface area (Å²) >= 11 is 6.20. The Labute approximate surface area is 159 Å². The molecule has 130 valence electrons. The van der Waals surface area contributed by atoms with E-state index in [1.807, 2.05) is 30.3 Å². The first-order valence-corrected chi connectivity index (χ1v) is 9.04. The highest BCUT2D eigenvalue weighted by molar-refractivity contribution is 8.26. The van der Waals surface area contributed by atoms with Crippen molar-refractivity contribution >= 4 is 51.9 Å². The van der Waals surface area contributed by atoms with Gasteiger partial charge in [-0.15, -0.1) is 0 Å². The number of nitrogens with zero attached hydrogens (tertiary/aromatic N) is 2. The second-order valence-electron chi connectivity index (χ2n) is 5.70. The topological polar surface area (TPSA) is 71.5 Å². The number of ether oxygens (including phenoxy) is 1. The first-order chi connectivity index (χ1) is 12.6. The molecule has 1 aromatic heterocycles. The maximum Gasteiger partial charge on any atom is 0.265 e. The van der Waals surface area contributed by atoms with Gasteiger partial charge in [0.25, 0.3) is 11.8 Å². The molecule has 6 nitrogen and oxygen atoms in total. The highest BCUT2D eigenvalue weighted by Gasteiger charge is 2.27. The summed E-state index contributed by atoms with van der Waals surface area (Å²) in [6.07, 6.45) is 3.31. The summed E-state index contributed by atoms with van der Waals surface area (Å²) in [4.78, 5) is 30.7. The van der Waals surface area contributed by atoms with Crippen molar-refractivity contribution in [3.8, 4) is 5.88 Å². The van der Waals surface area contributed by atoms with Crippen LogP contribution in [-0.4, -0.2) is 27.7 Å². The fraction of sp³-hybridized carbons (Fsp3) is 0.111. The number of thioether (sulfide) groups is 1. The molecule has 1 aromatic carbocycles. The third-order valence-corrected chi connectivity index (χ3v) is 5.06. The molecule has 1 N–H and O–H groups in total. The highest BCUT2D eigenvalue weighted by Crippen LogP contribution is 2.33. The van der Waals surface area contributed by atoms with Crippen molar-refractivity contribution in [2.45, 2.75) is 6.54 Å². The number of rotatable bonds is 3. The Hall–Kier alpha value is -2.71. The molecule has 1 saturated heterocycles. The minimum atomic E-state index is -0.230. The van der Waals surface area contributed by atoms with Crippen molar-refractivity contribution < 1.29 is 14.3 Å². The fourth-order valence-electron chi connectivity index (χ4n) is 2.69. The lowest BCUT2D eigenvalue weighted by atomic mass is 10.1. The molecule has 4 rings (SSSR count). The fourth-order valence-corrected chi connectivity index (χ4v) is 3.74. The molecule has 2 amide bonds. The molecule has 0 unspecified atom stereocenters. The molecular formula is C18H13N3O3S2. The predicted octanol–water partition coefficient (Wildman–Crippen LogP) is 2.50. The molecule has 1 fully saturated rings. The predicted molar refractivity (Wildman–Crippen MR) is 104 cm³/mol. The Morgan fingerprint density at radius 2 is 2.12 bits per heavy atom. The number of nitrogens with one attached hydrogen (secondary N) is 1. The van der Waals surface area contributed by atoms with Crippen molar-refractivity contribution in [2.24, 2.45) is 0 Å². The Kier molecular flexibility index (Phi) is 4.44. The van der Waals surface area contributed by atoms with E-state index >= 15 is 0 Å². The summed E-state index contributed by atoms with van der Waals surface area (Å²) in [5.74, 6) is 0.0371. The van der Waals surface area contributed by atoms with E-state index in [0.29, 0.717) is 32.9 Å². The number of anilines is 1. The smallest absolute Gasteiger partial charge is 0.265 e. The highest BCUT2D eigenvalue weighted by atomic mass is 32.2. The van der Waals surface area contributed by atoms with Crippen LogP contribution >= 0.6 is 24.0 Å². The molecule has 0 atom stereocenters. The Morgan fingerprint density at radius 3 is 2.85 bits per heavy atom. The third kappa shape index (κ3) is 3.33. The number of benzene rings is 1. The van der Waals surface area contributed by atoms with Gasteiger partial charge in [-0.25, -0.2) is 4.98 Å². The number of carbonyl (C=O) groups is 2. The van der Waals surface area contributed by atoms with E-state index in [1.54, 1.807) is 23.2 Å². The second kappa shape index (κ2) is 6.89. The average molecular weight is 383 g/mol. The van der Waals surface area contributed by atoms with E-state index in [4.69, 9.17) is 17.0 Å². The standard InChI is InChI=1S/C18H13N3O3S2/c22-15-10-24-17-13(21(15)9-11-4-2-1-3-5-11)6-12(8-19-17)7-14-16(23)20-18(25)26-14/h1-8H,9-10H2,(H,20,23,25). The molecule has 26 heavy (non-hydrogen) atoms. The lowest BCUT2D eigenvalue weighted by Crippen LogP contribution is -2.38. The van der Waals surface area contributed by atoms with E-state index in [-0.39, 0.29) is 18.4 Å². The molecule has 0 bridgehead atoms. The third-order valence-electron chi connectivity index (χ3n) is 3.90. The van der Waals surface area contributed by atoms with Crippen LogP contribution in [0.5, 0.6) is 5.88 Å². The van der Waals surface area contributed by atoms with Crippen molar-refractivity contribution in [1.29, 1.82) is 0 Å².